The lowest BCUT2D eigenvalue weighted by Crippen LogP contribution is -2.69. The van der Waals surface area contributed by atoms with E-state index in [1.165, 1.54) is 45.2 Å². The van der Waals surface area contributed by atoms with Gasteiger partial charge in [0, 0.05) is 43.9 Å². The summed E-state index contributed by atoms with van der Waals surface area (Å²) in [6.45, 7) is 15.0. The van der Waals surface area contributed by atoms with Crippen LogP contribution in [0.15, 0.2) is 0 Å². The van der Waals surface area contributed by atoms with Crippen LogP contribution >= 0.6 is 0 Å². The average molecular weight is 282 g/mol. The number of piperazine rings is 1. The topological polar surface area (TPSA) is 24.5 Å². The molecule has 2 fully saturated rings. The smallest absolute Gasteiger partial charge is 0.0469 e. The molecule has 2 aliphatic heterocycles. The van der Waals surface area contributed by atoms with E-state index < -0.39 is 0 Å². The predicted octanol–water partition coefficient (Wildman–Crippen LogP) is 3.05. The van der Waals surface area contributed by atoms with E-state index in [4.69, 9.17) is 4.74 Å². The van der Waals surface area contributed by atoms with Crippen LogP contribution in [0.5, 0.6) is 0 Å². The Bertz CT molecular complexity index is 297. The van der Waals surface area contributed by atoms with Crippen LogP contribution in [0.3, 0.4) is 0 Å². The van der Waals surface area contributed by atoms with Gasteiger partial charge >= 0.3 is 0 Å². The third kappa shape index (κ3) is 3.37. The Morgan fingerprint density at radius 3 is 2.30 bits per heavy atom. The van der Waals surface area contributed by atoms with Gasteiger partial charge in [0.1, 0.15) is 0 Å². The highest BCUT2D eigenvalue weighted by atomic mass is 16.5. The van der Waals surface area contributed by atoms with Crippen molar-refractivity contribution in [2.45, 2.75) is 70.9 Å². The molecular weight excluding hydrogens is 248 g/mol. The minimum atomic E-state index is 0.326. The number of hydrogen-bond acceptors (Lipinski definition) is 3. The number of rotatable bonds is 5. The fourth-order valence-electron chi connectivity index (χ4n) is 3.70. The molecule has 0 aromatic heterocycles. The van der Waals surface area contributed by atoms with E-state index >= 15 is 0 Å². The highest BCUT2D eigenvalue weighted by Gasteiger charge is 2.42. The summed E-state index contributed by atoms with van der Waals surface area (Å²) < 4.78 is 5.52. The molecule has 0 aromatic rings. The SMILES string of the molecule is CCC1(CC)CN(CC2CCOCC2)C(C)(CC)CN1. The summed E-state index contributed by atoms with van der Waals surface area (Å²) in [6.07, 6.45) is 6.18. The van der Waals surface area contributed by atoms with Crippen LogP contribution in [0.1, 0.15) is 59.8 Å². The van der Waals surface area contributed by atoms with Crippen molar-refractivity contribution in [3.8, 4) is 0 Å². The van der Waals surface area contributed by atoms with Gasteiger partial charge in [-0.1, -0.05) is 20.8 Å². The van der Waals surface area contributed by atoms with Crippen molar-refractivity contribution in [3.05, 3.63) is 0 Å². The molecule has 20 heavy (non-hydrogen) atoms. The van der Waals surface area contributed by atoms with Crippen LogP contribution in [0.4, 0.5) is 0 Å². The third-order valence-electron chi connectivity index (χ3n) is 6.04. The van der Waals surface area contributed by atoms with Crippen LogP contribution in [-0.4, -0.2) is 48.8 Å². The van der Waals surface area contributed by atoms with Crippen LogP contribution in [0.25, 0.3) is 0 Å². The molecule has 0 radical (unpaired) electrons. The number of nitrogens with one attached hydrogen (secondary N) is 1. The number of nitrogens with zero attached hydrogens (tertiary/aromatic N) is 1. The van der Waals surface area contributed by atoms with Gasteiger partial charge < -0.3 is 10.1 Å². The summed E-state index contributed by atoms with van der Waals surface area (Å²) in [5, 5.41) is 3.87. The summed E-state index contributed by atoms with van der Waals surface area (Å²) >= 11 is 0. The molecule has 1 unspecified atom stereocenters. The highest BCUT2D eigenvalue weighted by molar-refractivity contribution is 5.02. The Labute approximate surface area is 125 Å². The van der Waals surface area contributed by atoms with E-state index in [9.17, 15) is 0 Å². The van der Waals surface area contributed by atoms with Crippen LogP contribution in [0.2, 0.25) is 0 Å². The van der Waals surface area contributed by atoms with Crippen LogP contribution in [0, 0.1) is 5.92 Å². The zero-order chi connectivity index (χ0) is 14.6. The molecule has 0 spiro atoms. The van der Waals surface area contributed by atoms with Crippen molar-refractivity contribution in [2.75, 3.05) is 32.8 Å². The summed E-state index contributed by atoms with van der Waals surface area (Å²) in [5.41, 5.74) is 0.659. The lowest BCUT2D eigenvalue weighted by atomic mass is 9.82. The van der Waals surface area contributed by atoms with E-state index in [1.807, 2.05) is 0 Å². The molecule has 0 saturated carbocycles. The largest absolute Gasteiger partial charge is 0.381 e. The van der Waals surface area contributed by atoms with Gasteiger partial charge in [-0.25, -0.2) is 0 Å². The summed E-state index contributed by atoms with van der Waals surface area (Å²) in [5.74, 6) is 0.833. The second-order valence-corrected chi connectivity index (χ2v) is 7.13. The van der Waals surface area contributed by atoms with Gasteiger partial charge in [0.05, 0.1) is 0 Å². The molecule has 0 aliphatic carbocycles. The van der Waals surface area contributed by atoms with E-state index in [0.29, 0.717) is 11.1 Å². The Hall–Kier alpha value is -0.120. The second-order valence-electron chi connectivity index (χ2n) is 7.13. The standard InChI is InChI=1S/C17H34N2O/c1-5-16(4)13-18-17(6-2,7-3)14-19(16)12-15-8-10-20-11-9-15/h15,18H,5-14H2,1-4H3. The normalized spacial score (nSPS) is 32.4. The first kappa shape index (κ1) is 16.3. The molecule has 2 heterocycles. The molecular formula is C17H34N2O. The first-order valence-corrected chi connectivity index (χ1v) is 8.65. The van der Waals surface area contributed by atoms with Gasteiger partial charge in [0.25, 0.3) is 0 Å². The van der Waals surface area contributed by atoms with Gasteiger partial charge in [0.15, 0.2) is 0 Å². The molecule has 3 nitrogen and oxygen atoms in total. The molecule has 1 N–H and O–H groups in total. The zero-order valence-corrected chi connectivity index (χ0v) is 14.0. The van der Waals surface area contributed by atoms with Crippen molar-refractivity contribution in [3.63, 3.8) is 0 Å². The molecule has 3 heteroatoms. The molecule has 2 aliphatic rings. The Balaban J connectivity index is 2.06. The minimum absolute atomic E-state index is 0.326. The van der Waals surface area contributed by atoms with Crippen molar-refractivity contribution in [1.29, 1.82) is 0 Å². The van der Waals surface area contributed by atoms with Crippen molar-refractivity contribution < 1.29 is 4.74 Å². The van der Waals surface area contributed by atoms with E-state index in [-0.39, 0.29) is 0 Å². The van der Waals surface area contributed by atoms with Gasteiger partial charge in [-0.3, -0.25) is 4.90 Å². The van der Waals surface area contributed by atoms with Crippen LogP contribution in [-0.2, 0) is 4.74 Å². The third-order valence-corrected chi connectivity index (χ3v) is 6.04. The number of ether oxygens (including phenoxy) is 1. The molecule has 1 atom stereocenters. The second kappa shape index (κ2) is 6.76. The minimum Gasteiger partial charge on any atom is -0.381 e. The Kier molecular flexibility index (Phi) is 5.49. The van der Waals surface area contributed by atoms with Gasteiger partial charge in [-0.15, -0.1) is 0 Å². The predicted molar refractivity (Wildman–Crippen MR) is 85.1 cm³/mol. The van der Waals surface area contributed by atoms with Crippen molar-refractivity contribution in [2.24, 2.45) is 5.92 Å². The van der Waals surface area contributed by atoms with Crippen molar-refractivity contribution >= 4 is 0 Å². The first-order chi connectivity index (χ1) is 9.57. The van der Waals surface area contributed by atoms with E-state index in [0.717, 1.165) is 25.7 Å². The molecule has 0 aromatic carbocycles. The molecule has 0 amide bonds. The van der Waals surface area contributed by atoms with Gasteiger partial charge in [-0.05, 0) is 44.9 Å². The van der Waals surface area contributed by atoms with E-state index in [2.05, 4.69) is 37.9 Å². The Morgan fingerprint density at radius 1 is 1.10 bits per heavy atom. The van der Waals surface area contributed by atoms with Crippen molar-refractivity contribution in [1.82, 2.24) is 10.2 Å². The average Bonchev–Trinajstić information content (AvgIpc) is 2.51. The zero-order valence-electron chi connectivity index (χ0n) is 14.0. The first-order valence-electron chi connectivity index (χ1n) is 8.65. The lowest BCUT2D eigenvalue weighted by Gasteiger charge is -2.54. The van der Waals surface area contributed by atoms with E-state index in [1.54, 1.807) is 0 Å². The fourth-order valence-corrected chi connectivity index (χ4v) is 3.70. The fraction of sp³-hybridized carbons (Fsp3) is 1.00. The lowest BCUT2D eigenvalue weighted by molar-refractivity contribution is -0.0199. The molecule has 118 valence electrons. The summed E-state index contributed by atoms with van der Waals surface area (Å²) in [6, 6.07) is 0. The maximum atomic E-state index is 5.52. The quantitative estimate of drug-likeness (QED) is 0.839. The number of hydrogen-bond donors (Lipinski definition) is 1. The maximum Gasteiger partial charge on any atom is 0.0469 e. The van der Waals surface area contributed by atoms with Gasteiger partial charge in [-0.2, -0.15) is 0 Å². The summed E-state index contributed by atoms with van der Waals surface area (Å²) in [7, 11) is 0. The molecule has 2 saturated heterocycles. The molecule has 0 bridgehead atoms. The van der Waals surface area contributed by atoms with Gasteiger partial charge in [0.2, 0.25) is 0 Å². The van der Waals surface area contributed by atoms with Crippen LogP contribution < -0.4 is 5.32 Å². The molecule has 2 rings (SSSR count). The highest BCUT2D eigenvalue weighted by Crippen LogP contribution is 2.32. The maximum absolute atomic E-state index is 5.52. The monoisotopic (exact) mass is 282 g/mol. The summed E-state index contributed by atoms with van der Waals surface area (Å²) in [4.78, 5) is 2.80. The Morgan fingerprint density at radius 2 is 1.75 bits per heavy atom.